The Bertz CT molecular complexity index is 340. The zero-order valence-electron chi connectivity index (χ0n) is 10.1. The van der Waals surface area contributed by atoms with Gasteiger partial charge in [0.05, 0.1) is 0 Å². The number of nitrogens with zero attached hydrogens (tertiary/aromatic N) is 3. The minimum atomic E-state index is 0.591. The fraction of sp³-hybridized carbons (Fsp3) is 0.667. The summed E-state index contributed by atoms with van der Waals surface area (Å²) in [6, 6.07) is 2.70. The highest BCUT2D eigenvalue weighted by Gasteiger charge is 2.19. The molecule has 4 nitrogen and oxygen atoms in total. The van der Waals surface area contributed by atoms with Gasteiger partial charge < -0.3 is 10.2 Å². The van der Waals surface area contributed by atoms with E-state index in [0.717, 1.165) is 31.0 Å². The minimum absolute atomic E-state index is 0.591. The number of nitrogens with one attached hydrogen (secondary N) is 1. The average molecular weight is 220 g/mol. The summed E-state index contributed by atoms with van der Waals surface area (Å²) in [6.07, 6.45) is 5.14. The van der Waals surface area contributed by atoms with Gasteiger partial charge in [-0.2, -0.15) is 0 Å². The fourth-order valence-electron chi connectivity index (χ4n) is 2.17. The number of likely N-dealkylation sites (N-methyl/N-ethyl adjacent to an activating group) is 1. The maximum absolute atomic E-state index is 4.37. The zero-order valence-corrected chi connectivity index (χ0v) is 10.1. The van der Waals surface area contributed by atoms with Crippen molar-refractivity contribution >= 4 is 5.82 Å². The summed E-state index contributed by atoms with van der Waals surface area (Å²) < 4.78 is 0. The number of aromatic nitrogens is 2. The molecule has 0 amide bonds. The molecule has 1 N–H and O–H groups in total. The third kappa shape index (κ3) is 2.50. The lowest BCUT2D eigenvalue weighted by Gasteiger charge is -2.33. The van der Waals surface area contributed by atoms with Crippen molar-refractivity contribution in [3.8, 4) is 0 Å². The lowest BCUT2D eigenvalue weighted by atomic mass is 10.1. The largest absolute Gasteiger partial charge is 0.355 e. The summed E-state index contributed by atoms with van der Waals surface area (Å²) in [5, 5.41) is 3.35. The van der Waals surface area contributed by atoms with Crippen LogP contribution in [0.4, 0.5) is 5.82 Å². The van der Waals surface area contributed by atoms with Crippen molar-refractivity contribution in [2.45, 2.75) is 32.2 Å². The van der Waals surface area contributed by atoms with Crippen molar-refractivity contribution in [2.24, 2.45) is 0 Å². The molecule has 16 heavy (non-hydrogen) atoms. The van der Waals surface area contributed by atoms with E-state index < -0.39 is 0 Å². The van der Waals surface area contributed by atoms with Crippen molar-refractivity contribution in [1.29, 1.82) is 0 Å². The van der Waals surface area contributed by atoms with E-state index in [2.05, 4.69) is 33.2 Å². The first-order chi connectivity index (χ1) is 7.83. The molecule has 1 fully saturated rings. The minimum Gasteiger partial charge on any atom is -0.355 e. The molecule has 0 aromatic carbocycles. The van der Waals surface area contributed by atoms with E-state index in [4.69, 9.17) is 0 Å². The number of aryl methyl sites for hydroxylation is 1. The van der Waals surface area contributed by atoms with Crippen LogP contribution in [-0.2, 0) is 6.42 Å². The Morgan fingerprint density at radius 2 is 2.38 bits per heavy atom. The molecular weight excluding hydrogens is 200 g/mol. The number of hydrogen-bond donors (Lipinski definition) is 1. The van der Waals surface area contributed by atoms with Gasteiger partial charge in [0.25, 0.3) is 0 Å². The summed E-state index contributed by atoms with van der Waals surface area (Å²) in [4.78, 5) is 11.0. The summed E-state index contributed by atoms with van der Waals surface area (Å²) in [7, 11) is 2.03. The van der Waals surface area contributed by atoms with E-state index in [0.29, 0.717) is 6.04 Å². The monoisotopic (exact) mass is 220 g/mol. The van der Waals surface area contributed by atoms with Crippen molar-refractivity contribution < 1.29 is 0 Å². The zero-order chi connectivity index (χ0) is 11.4. The third-order valence-electron chi connectivity index (χ3n) is 3.23. The number of anilines is 1. The van der Waals surface area contributed by atoms with Crippen LogP contribution in [0.5, 0.6) is 0 Å². The quantitative estimate of drug-likeness (QED) is 0.832. The van der Waals surface area contributed by atoms with Gasteiger partial charge in [-0.1, -0.05) is 6.92 Å². The van der Waals surface area contributed by atoms with Crippen LogP contribution in [0.3, 0.4) is 0 Å². The lowest BCUT2D eigenvalue weighted by Crippen LogP contribution is -2.44. The van der Waals surface area contributed by atoms with Crippen LogP contribution < -0.4 is 10.2 Å². The normalized spacial score (nSPS) is 21.1. The van der Waals surface area contributed by atoms with E-state index in [1.54, 1.807) is 6.33 Å². The number of rotatable bonds is 3. The smallest absolute Gasteiger partial charge is 0.132 e. The van der Waals surface area contributed by atoms with Gasteiger partial charge in [0.15, 0.2) is 0 Å². The highest BCUT2D eigenvalue weighted by molar-refractivity contribution is 5.39. The molecule has 1 aliphatic heterocycles. The first-order valence-corrected chi connectivity index (χ1v) is 6.06. The first kappa shape index (κ1) is 11.3. The van der Waals surface area contributed by atoms with Gasteiger partial charge >= 0.3 is 0 Å². The molecule has 2 rings (SSSR count). The molecular formula is C12H20N4. The van der Waals surface area contributed by atoms with E-state index >= 15 is 0 Å². The second-order valence-corrected chi connectivity index (χ2v) is 4.29. The fourth-order valence-corrected chi connectivity index (χ4v) is 2.17. The second kappa shape index (κ2) is 5.25. The van der Waals surface area contributed by atoms with Crippen molar-refractivity contribution in [3.63, 3.8) is 0 Å². The standard InChI is InChI=1S/C12H20N4/c1-3-10-7-12(15-9-14-10)16-6-4-5-11(8-16)13-2/h7,9,11,13H,3-6,8H2,1-2H3. The van der Waals surface area contributed by atoms with Crippen molar-refractivity contribution in [2.75, 3.05) is 25.0 Å². The molecule has 1 aromatic rings. The highest BCUT2D eigenvalue weighted by Crippen LogP contribution is 2.17. The molecule has 4 heteroatoms. The SMILES string of the molecule is CCc1cc(N2CCCC(NC)C2)ncn1. The Kier molecular flexibility index (Phi) is 3.72. The molecule has 1 aromatic heterocycles. The van der Waals surface area contributed by atoms with Crippen molar-refractivity contribution in [3.05, 3.63) is 18.1 Å². The molecule has 0 bridgehead atoms. The maximum atomic E-state index is 4.37. The van der Waals surface area contributed by atoms with E-state index in [-0.39, 0.29) is 0 Å². The third-order valence-corrected chi connectivity index (χ3v) is 3.23. The molecule has 1 saturated heterocycles. The van der Waals surface area contributed by atoms with Gasteiger partial charge in [-0.25, -0.2) is 9.97 Å². The van der Waals surface area contributed by atoms with E-state index in [1.165, 1.54) is 12.8 Å². The molecule has 0 spiro atoms. The summed E-state index contributed by atoms with van der Waals surface area (Å²) in [6.45, 7) is 4.29. The topological polar surface area (TPSA) is 41.0 Å². The van der Waals surface area contributed by atoms with Crippen LogP contribution in [0, 0.1) is 0 Å². The summed E-state index contributed by atoms with van der Waals surface area (Å²) in [5.41, 5.74) is 1.12. The van der Waals surface area contributed by atoms with E-state index in [9.17, 15) is 0 Å². The molecule has 0 saturated carbocycles. The second-order valence-electron chi connectivity index (χ2n) is 4.29. The molecule has 0 aliphatic carbocycles. The van der Waals surface area contributed by atoms with Crippen LogP contribution in [0.2, 0.25) is 0 Å². The molecule has 88 valence electrons. The Hall–Kier alpha value is -1.16. The van der Waals surface area contributed by atoms with E-state index in [1.807, 2.05) is 7.05 Å². The number of hydrogen-bond acceptors (Lipinski definition) is 4. The van der Waals surface area contributed by atoms with Crippen LogP contribution in [0.1, 0.15) is 25.5 Å². The lowest BCUT2D eigenvalue weighted by molar-refractivity contribution is 0.447. The molecule has 0 radical (unpaired) electrons. The van der Waals surface area contributed by atoms with Crippen LogP contribution in [0.25, 0.3) is 0 Å². The Morgan fingerprint density at radius 3 is 3.12 bits per heavy atom. The molecule has 1 atom stereocenters. The van der Waals surface area contributed by atoms with Gasteiger partial charge in [0.1, 0.15) is 12.1 Å². The first-order valence-electron chi connectivity index (χ1n) is 6.06. The summed E-state index contributed by atoms with van der Waals surface area (Å²) in [5.74, 6) is 1.08. The predicted molar refractivity (Wildman–Crippen MR) is 65.7 cm³/mol. The van der Waals surface area contributed by atoms with Crippen LogP contribution in [-0.4, -0.2) is 36.1 Å². The van der Waals surface area contributed by atoms with Gasteiger partial charge in [0, 0.05) is 30.9 Å². The van der Waals surface area contributed by atoms with Gasteiger partial charge in [0.2, 0.25) is 0 Å². The number of piperidine rings is 1. The maximum Gasteiger partial charge on any atom is 0.132 e. The predicted octanol–water partition coefficient (Wildman–Crippen LogP) is 1.23. The highest BCUT2D eigenvalue weighted by atomic mass is 15.2. The molecule has 1 unspecified atom stereocenters. The Morgan fingerprint density at radius 1 is 1.50 bits per heavy atom. The average Bonchev–Trinajstić information content (AvgIpc) is 2.39. The van der Waals surface area contributed by atoms with Gasteiger partial charge in [-0.3, -0.25) is 0 Å². The Labute approximate surface area is 97.1 Å². The van der Waals surface area contributed by atoms with Crippen LogP contribution in [0.15, 0.2) is 12.4 Å². The van der Waals surface area contributed by atoms with Crippen LogP contribution >= 0.6 is 0 Å². The molecule has 2 heterocycles. The van der Waals surface area contributed by atoms with Gasteiger partial charge in [-0.05, 0) is 26.3 Å². The molecule has 1 aliphatic rings. The van der Waals surface area contributed by atoms with Crippen molar-refractivity contribution in [1.82, 2.24) is 15.3 Å². The van der Waals surface area contributed by atoms with Gasteiger partial charge in [-0.15, -0.1) is 0 Å². The summed E-state index contributed by atoms with van der Waals surface area (Å²) >= 11 is 0. The Balaban J connectivity index is 2.10.